The lowest BCUT2D eigenvalue weighted by Gasteiger charge is -2.12. The maximum absolute atomic E-state index is 9.35. The molecule has 1 aromatic carbocycles. The first kappa shape index (κ1) is 15.5. The van der Waals surface area contributed by atoms with Crippen LogP contribution >= 0.6 is 0 Å². The van der Waals surface area contributed by atoms with Gasteiger partial charge in [-0.3, -0.25) is 0 Å². The van der Waals surface area contributed by atoms with Crippen LogP contribution in [0.25, 0.3) is 11.4 Å². The summed E-state index contributed by atoms with van der Waals surface area (Å²) in [5, 5.41) is 14.0. The predicted molar refractivity (Wildman–Crippen MR) is 85.3 cm³/mol. The van der Waals surface area contributed by atoms with E-state index in [-0.39, 0.29) is 5.75 Å². The molecule has 1 aromatic heterocycles. The van der Waals surface area contributed by atoms with Crippen molar-refractivity contribution in [1.29, 1.82) is 0 Å². The van der Waals surface area contributed by atoms with Crippen molar-refractivity contribution in [3.63, 3.8) is 0 Å². The molecule has 1 atom stereocenters. The molecular formula is C17H25N3O. The fraction of sp³-hybridized carbons (Fsp3) is 0.529. The summed E-state index contributed by atoms with van der Waals surface area (Å²) in [6.45, 7) is 6.43. The molecule has 0 saturated heterocycles. The van der Waals surface area contributed by atoms with Crippen LogP contribution < -0.4 is 0 Å². The minimum Gasteiger partial charge on any atom is -0.508 e. The summed E-state index contributed by atoms with van der Waals surface area (Å²) in [6.07, 6.45) is 6.24. The van der Waals surface area contributed by atoms with E-state index in [0.717, 1.165) is 23.6 Å². The summed E-state index contributed by atoms with van der Waals surface area (Å²) >= 11 is 0. The van der Waals surface area contributed by atoms with Gasteiger partial charge in [-0.1, -0.05) is 32.6 Å². The Morgan fingerprint density at radius 1 is 1.14 bits per heavy atom. The molecule has 0 fully saturated rings. The minimum absolute atomic E-state index is 0.263. The van der Waals surface area contributed by atoms with E-state index in [0.29, 0.717) is 6.04 Å². The summed E-state index contributed by atoms with van der Waals surface area (Å²) in [5.41, 5.74) is 0.938. The summed E-state index contributed by atoms with van der Waals surface area (Å²) in [5.74, 6) is 1.94. The Hall–Kier alpha value is -1.84. The van der Waals surface area contributed by atoms with Crippen LogP contribution in [0, 0.1) is 6.92 Å². The topological polar surface area (TPSA) is 50.9 Å². The van der Waals surface area contributed by atoms with Crippen LogP contribution in [0.4, 0.5) is 0 Å². The van der Waals surface area contributed by atoms with Crippen LogP contribution in [0.15, 0.2) is 24.3 Å². The van der Waals surface area contributed by atoms with Crippen LogP contribution in [-0.2, 0) is 0 Å². The van der Waals surface area contributed by atoms with Crippen molar-refractivity contribution in [1.82, 2.24) is 14.8 Å². The fourth-order valence-electron chi connectivity index (χ4n) is 2.54. The van der Waals surface area contributed by atoms with E-state index in [2.05, 4.69) is 23.9 Å². The molecule has 2 aromatic rings. The predicted octanol–water partition coefficient (Wildman–Crippen LogP) is 4.49. The lowest BCUT2D eigenvalue weighted by atomic mass is 10.1. The second-order valence-electron chi connectivity index (χ2n) is 5.67. The van der Waals surface area contributed by atoms with Gasteiger partial charge >= 0.3 is 0 Å². The second kappa shape index (κ2) is 7.25. The molecule has 4 heteroatoms. The molecule has 2 rings (SSSR count). The van der Waals surface area contributed by atoms with Crippen molar-refractivity contribution in [3.05, 3.63) is 30.1 Å². The highest BCUT2D eigenvalue weighted by Crippen LogP contribution is 2.22. The van der Waals surface area contributed by atoms with Gasteiger partial charge in [0.1, 0.15) is 11.6 Å². The normalized spacial score (nSPS) is 12.5. The third-order valence-electron chi connectivity index (χ3n) is 3.82. The van der Waals surface area contributed by atoms with E-state index in [1.807, 2.05) is 23.7 Å². The number of aromatic hydroxyl groups is 1. The number of nitrogens with zero attached hydrogens (tertiary/aromatic N) is 3. The summed E-state index contributed by atoms with van der Waals surface area (Å²) < 4.78 is 2.02. The molecule has 114 valence electrons. The van der Waals surface area contributed by atoms with E-state index < -0.39 is 0 Å². The van der Waals surface area contributed by atoms with Gasteiger partial charge in [-0.25, -0.2) is 9.67 Å². The third-order valence-corrected chi connectivity index (χ3v) is 3.82. The highest BCUT2D eigenvalue weighted by Gasteiger charge is 2.13. The molecular weight excluding hydrogens is 262 g/mol. The second-order valence-corrected chi connectivity index (χ2v) is 5.67. The minimum atomic E-state index is 0.263. The van der Waals surface area contributed by atoms with E-state index in [9.17, 15) is 5.11 Å². The number of phenolic OH excluding ortho intramolecular Hbond substituents is 1. The number of unbranched alkanes of at least 4 members (excludes halogenated alkanes) is 3. The summed E-state index contributed by atoms with van der Waals surface area (Å²) in [6, 6.07) is 7.40. The van der Waals surface area contributed by atoms with Crippen LogP contribution in [0.5, 0.6) is 5.75 Å². The lowest BCUT2D eigenvalue weighted by molar-refractivity contribution is 0.427. The molecule has 0 amide bonds. The Bertz CT molecular complexity index is 560. The van der Waals surface area contributed by atoms with Gasteiger partial charge in [0.25, 0.3) is 0 Å². The number of aryl methyl sites for hydroxylation is 1. The SMILES string of the molecule is CCCCCCC(C)n1nc(-c2ccc(O)cc2)nc1C. The van der Waals surface area contributed by atoms with Crippen LogP contribution in [0.2, 0.25) is 0 Å². The fourth-order valence-corrected chi connectivity index (χ4v) is 2.54. The molecule has 0 spiro atoms. The van der Waals surface area contributed by atoms with Crippen molar-refractivity contribution in [2.45, 2.75) is 58.9 Å². The molecule has 0 aliphatic heterocycles. The maximum Gasteiger partial charge on any atom is 0.181 e. The molecule has 0 bridgehead atoms. The number of phenols is 1. The van der Waals surface area contributed by atoms with Crippen molar-refractivity contribution in [3.8, 4) is 17.1 Å². The van der Waals surface area contributed by atoms with Gasteiger partial charge in [0, 0.05) is 5.56 Å². The third kappa shape index (κ3) is 4.06. The van der Waals surface area contributed by atoms with Crippen LogP contribution in [0.1, 0.15) is 57.8 Å². The Kier molecular flexibility index (Phi) is 5.37. The van der Waals surface area contributed by atoms with Gasteiger partial charge in [0.05, 0.1) is 6.04 Å². The molecule has 0 aliphatic rings. The maximum atomic E-state index is 9.35. The van der Waals surface area contributed by atoms with E-state index in [1.54, 1.807) is 12.1 Å². The number of hydrogen-bond acceptors (Lipinski definition) is 3. The number of aromatic nitrogens is 3. The molecule has 1 N–H and O–H groups in total. The summed E-state index contributed by atoms with van der Waals surface area (Å²) in [4.78, 5) is 4.55. The summed E-state index contributed by atoms with van der Waals surface area (Å²) in [7, 11) is 0. The molecule has 0 radical (unpaired) electrons. The quantitative estimate of drug-likeness (QED) is 0.763. The van der Waals surface area contributed by atoms with Gasteiger partial charge in [0.15, 0.2) is 5.82 Å². The number of rotatable bonds is 7. The van der Waals surface area contributed by atoms with Gasteiger partial charge in [-0.2, -0.15) is 5.10 Å². The van der Waals surface area contributed by atoms with Gasteiger partial charge in [-0.15, -0.1) is 0 Å². The van der Waals surface area contributed by atoms with Gasteiger partial charge in [-0.05, 0) is 44.5 Å². The largest absolute Gasteiger partial charge is 0.508 e. The van der Waals surface area contributed by atoms with Crippen molar-refractivity contribution in [2.75, 3.05) is 0 Å². The monoisotopic (exact) mass is 287 g/mol. The molecule has 21 heavy (non-hydrogen) atoms. The first-order chi connectivity index (χ1) is 10.1. The lowest BCUT2D eigenvalue weighted by Crippen LogP contribution is -2.09. The zero-order valence-corrected chi connectivity index (χ0v) is 13.2. The van der Waals surface area contributed by atoms with Crippen molar-refractivity contribution >= 4 is 0 Å². The number of benzene rings is 1. The van der Waals surface area contributed by atoms with Gasteiger partial charge < -0.3 is 5.11 Å². The zero-order valence-electron chi connectivity index (χ0n) is 13.2. The van der Waals surface area contributed by atoms with Crippen molar-refractivity contribution < 1.29 is 5.11 Å². The Balaban J connectivity index is 2.06. The molecule has 0 aliphatic carbocycles. The Morgan fingerprint density at radius 3 is 2.52 bits per heavy atom. The molecule has 1 heterocycles. The van der Waals surface area contributed by atoms with E-state index in [1.165, 1.54) is 25.7 Å². The molecule has 4 nitrogen and oxygen atoms in total. The highest BCUT2D eigenvalue weighted by molar-refractivity contribution is 5.55. The average molecular weight is 287 g/mol. The van der Waals surface area contributed by atoms with Gasteiger partial charge in [0.2, 0.25) is 0 Å². The van der Waals surface area contributed by atoms with Crippen LogP contribution in [-0.4, -0.2) is 19.9 Å². The first-order valence-electron chi connectivity index (χ1n) is 7.84. The molecule has 0 saturated carbocycles. The first-order valence-corrected chi connectivity index (χ1v) is 7.84. The average Bonchev–Trinajstić information content (AvgIpc) is 2.86. The van der Waals surface area contributed by atoms with Crippen LogP contribution in [0.3, 0.4) is 0 Å². The molecule has 1 unspecified atom stereocenters. The number of hydrogen-bond donors (Lipinski definition) is 1. The van der Waals surface area contributed by atoms with E-state index in [4.69, 9.17) is 0 Å². The Labute approximate surface area is 126 Å². The smallest absolute Gasteiger partial charge is 0.181 e. The Morgan fingerprint density at radius 2 is 1.86 bits per heavy atom. The van der Waals surface area contributed by atoms with Crippen molar-refractivity contribution in [2.24, 2.45) is 0 Å². The standard InChI is InChI=1S/C17H25N3O/c1-4-5-6-7-8-13(2)20-14(3)18-17(19-20)15-9-11-16(21)12-10-15/h9-13,21H,4-8H2,1-3H3. The highest BCUT2D eigenvalue weighted by atomic mass is 16.3. The van der Waals surface area contributed by atoms with E-state index >= 15 is 0 Å². The zero-order chi connectivity index (χ0) is 15.2.